The molecular weight excluding hydrogens is 453 g/mol. The van der Waals surface area contributed by atoms with Crippen molar-refractivity contribution in [3.8, 4) is 11.5 Å². The van der Waals surface area contributed by atoms with Gasteiger partial charge in [-0.2, -0.15) is 10.1 Å². The third-order valence-corrected chi connectivity index (χ3v) is 6.59. The summed E-state index contributed by atoms with van der Waals surface area (Å²) >= 11 is 0. The van der Waals surface area contributed by atoms with E-state index in [1.54, 1.807) is 31.4 Å². The molecule has 3 aliphatic heterocycles. The molecule has 3 heterocycles. The fourth-order valence-corrected chi connectivity index (χ4v) is 4.32. The van der Waals surface area contributed by atoms with Crippen molar-refractivity contribution in [2.24, 2.45) is 5.10 Å². The van der Waals surface area contributed by atoms with Gasteiger partial charge in [-0.05, 0) is 37.4 Å². The number of halogens is 1. The molecule has 2 unspecified atom stereocenters. The maximum atomic E-state index is 14.8. The highest BCUT2D eigenvalue weighted by molar-refractivity contribution is 5.95. The number of methoxy groups -OCH3 is 1. The number of rotatable bonds is 8. The van der Waals surface area contributed by atoms with Crippen molar-refractivity contribution in [1.82, 2.24) is 19.9 Å². The van der Waals surface area contributed by atoms with E-state index in [2.05, 4.69) is 21.9 Å². The van der Waals surface area contributed by atoms with E-state index in [0.29, 0.717) is 42.3 Å². The van der Waals surface area contributed by atoms with Gasteiger partial charge >= 0.3 is 0 Å². The molecule has 2 atom stereocenters. The van der Waals surface area contributed by atoms with Crippen molar-refractivity contribution >= 4 is 12.2 Å². The zero-order valence-electron chi connectivity index (χ0n) is 20.0. The number of aldehydes is 1. The first-order chi connectivity index (χ1) is 17.0. The monoisotopic (exact) mass is 483 g/mol. The largest absolute Gasteiger partial charge is 0.497 e. The minimum Gasteiger partial charge on any atom is -0.497 e. The molecule has 5 rings (SSSR count). The lowest BCUT2D eigenvalue weighted by Crippen LogP contribution is -2.60. The summed E-state index contributed by atoms with van der Waals surface area (Å²) in [7, 11) is 3.70. The van der Waals surface area contributed by atoms with Crippen LogP contribution in [0, 0.1) is 5.82 Å². The highest BCUT2D eigenvalue weighted by atomic mass is 19.1. The van der Waals surface area contributed by atoms with Crippen molar-refractivity contribution < 1.29 is 23.4 Å². The van der Waals surface area contributed by atoms with Gasteiger partial charge < -0.3 is 19.1 Å². The lowest BCUT2D eigenvalue weighted by atomic mass is 10.1. The smallest absolute Gasteiger partial charge is 0.260 e. The summed E-state index contributed by atoms with van der Waals surface area (Å²) < 4.78 is 31.8. The Hall–Kier alpha value is -3.21. The Morgan fingerprint density at radius 3 is 2.46 bits per heavy atom. The Balaban J connectivity index is 1.23. The van der Waals surface area contributed by atoms with Gasteiger partial charge in [-0.15, -0.1) is 5.10 Å². The number of carbonyl (C=O) groups is 1. The van der Waals surface area contributed by atoms with Gasteiger partial charge in [-0.3, -0.25) is 9.69 Å². The summed E-state index contributed by atoms with van der Waals surface area (Å²) in [5.41, 5.74) is 1.39. The average Bonchev–Trinajstić information content (AvgIpc) is 3.28. The number of hydrogen-bond donors (Lipinski definition) is 0. The molecule has 2 aromatic carbocycles. The van der Waals surface area contributed by atoms with Crippen molar-refractivity contribution in [3.63, 3.8) is 0 Å². The van der Waals surface area contributed by atoms with Crippen LogP contribution in [0.2, 0.25) is 0 Å². The number of carbonyl (C=O) groups excluding carboxylic acids is 1. The first kappa shape index (κ1) is 23.5. The Morgan fingerprint density at radius 1 is 1.09 bits per heavy atom. The van der Waals surface area contributed by atoms with Crippen LogP contribution < -0.4 is 9.47 Å². The number of hydrazone groups is 1. The summed E-state index contributed by atoms with van der Waals surface area (Å²) in [5.74, 6) is 1.23. The number of hydrazine groups is 1. The van der Waals surface area contributed by atoms with Gasteiger partial charge in [-0.1, -0.05) is 6.07 Å². The van der Waals surface area contributed by atoms with Gasteiger partial charge in [0.15, 0.2) is 12.5 Å². The number of likely N-dealkylation sites (N-methyl/N-ethyl adjacent to an activating group) is 1. The molecule has 0 amide bonds. The van der Waals surface area contributed by atoms with Gasteiger partial charge in [0.05, 0.1) is 7.11 Å². The second-order valence-electron chi connectivity index (χ2n) is 8.96. The van der Waals surface area contributed by atoms with Crippen LogP contribution in [0.25, 0.3) is 0 Å². The Morgan fingerprint density at radius 2 is 1.83 bits per heavy atom. The van der Waals surface area contributed by atoms with E-state index < -0.39 is 6.23 Å². The first-order valence-corrected chi connectivity index (χ1v) is 11.8. The number of ether oxygens (including phenoxy) is 3. The Kier molecular flexibility index (Phi) is 6.85. The molecule has 3 aliphatic rings. The second-order valence-corrected chi connectivity index (χ2v) is 8.96. The molecule has 2 aromatic rings. The van der Waals surface area contributed by atoms with E-state index in [9.17, 15) is 9.18 Å². The minimum absolute atomic E-state index is 0.276. The fourth-order valence-electron chi connectivity index (χ4n) is 4.32. The third kappa shape index (κ3) is 5.09. The lowest BCUT2D eigenvalue weighted by molar-refractivity contribution is -0.218. The molecule has 186 valence electrons. The lowest BCUT2D eigenvalue weighted by Gasteiger charge is -2.44. The van der Waals surface area contributed by atoms with Crippen LogP contribution in [0.15, 0.2) is 47.6 Å². The Bertz CT molecular complexity index is 1070. The normalized spacial score (nSPS) is 23.4. The topological polar surface area (TPSA) is 70.1 Å². The highest BCUT2D eigenvalue weighted by Gasteiger charge is 2.42. The van der Waals surface area contributed by atoms with E-state index in [0.717, 1.165) is 38.2 Å². The minimum atomic E-state index is -0.888. The number of piperazine rings is 1. The van der Waals surface area contributed by atoms with Gasteiger partial charge in [0, 0.05) is 62.9 Å². The van der Waals surface area contributed by atoms with Crippen LogP contribution in [0.4, 0.5) is 4.39 Å². The van der Waals surface area contributed by atoms with Crippen LogP contribution in [-0.2, 0) is 16.1 Å². The second kappa shape index (κ2) is 10.2. The zero-order chi connectivity index (χ0) is 24.4. The summed E-state index contributed by atoms with van der Waals surface area (Å²) in [5, 5.41) is 7.81. The fraction of sp³-hybridized carbons (Fsp3) is 0.440. The zero-order valence-corrected chi connectivity index (χ0v) is 20.0. The van der Waals surface area contributed by atoms with E-state index in [-0.39, 0.29) is 12.0 Å². The van der Waals surface area contributed by atoms with Gasteiger partial charge in [0.25, 0.3) is 6.23 Å². The van der Waals surface area contributed by atoms with E-state index in [1.807, 2.05) is 17.1 Å². The molecule has 0 aliphatic carbocycles. The van der Waals surface area contributed by atoms with Crippen LogP contribution >= 0.6 is 0 Å². The van der Waals surface area contributed by atoms with E-state index >= 15 is 0 Å². The molecule has 9 nitrogen and oxygen atoms in total. The van der Waals surface area contributed by atoms with Crippen LogP contribution in [0.5, 0.6) is 11.5 Å². The summed E-state index contributed by atoms with van der Waals surface area (Å²) in [4.78, 5) is 16.2. The van der Waals surface area contributed by atoms with Crippen LogP contribution in [0.1, 0.15) is 17.5 Å². The highest BCUT2D eigenvalue weighted by Crippen LogP contribution is 2.30. The number of benzene rings is 2. The summed E-state index contributed by atoms with van der Waals surface area (Å²) in [6.45, 7) is 5.07. The number of hydrogen-bond acceptors (Lipinski definition) is 9. The maximum absolute atomic E-state index is 14.8. The van der Waals surface area contributed by atoms with Crippen LogP contribution in [0.3, 0.4) is 0 Å². The number of nitrogens with zero attached hydrogens (tertiary/aromatic N) is 5. The van der Waals surface area contributed by atoms with Crippen molar-refractivity contribution in [1.29, 1.82) is 0 Å². The molecule has 2 fully saturated rings. The average molecular weight is 484 g/mol. The maximum Gasteiger partial charge on any atom is 0.260 e. The van der Waals surface area contributed by atoms with Crippen LogP contribution in [-0.4, -0.2) is 91.4 Å². The summed E-state index contributed by atoms with van der Waals surface area (Å²) in [6, 6.07) is 12.3. The standard InChI is InChI=1S/C25H30FN5O4/c1-28-11-13-29(14-12-28)16-19-5-8-21(15-22(19)26)34-23-9-10-30(23)31-24(17-32)35-25(27-31)18-3-6-20(33-2)7-4-18/h3-8,15,17,23-24H,9-14,16H2,1-2H3. The van der Waals surface area contributed by atoms with E-state index in [1.165, 1.54) is 11.2 Å². The van der Waals surface area contributed by atoms with Gasteiger partial charge in [0.1, 0.15) is 17.3 Å². The quantitative estimate of drug-likeness (QED) is 0.529. The molecular formula is C25H30FN5O4. The molecule has 0 bridgehead atoms. The van der Waals surface area contributed by atoms with Gasteiger partial charge in [0.2, 0.25) is 5.90 Å². The molecule has 2 saturated heterocycles. The molecule has 0 aromatic heterocycles. The molecule has 0 saturated carbocycles. The SMILES string of the molecule is COc1ccc(C2=NN(N3CCC3Oc3ccc(CN4CCN(C)CC4)c(F)c3)C(C=O)O2)cc1. The Labute approximate surface area is 204 Å². The van der Waals surface area contributed by atoms with E-state index in [4.69, 9.17) is 14.2 Å². The molecule has 0 N–H and O–H groups in total. The van der Waals surface area contributed by atoms with Crippen molar-refractivity contribution in [2.45, 2.75) is 25.4 Å². The third-order valence-electron chi connectivity index (χ3n) is 6.59. The van der Waals surface area contributed by atoms with Crippen molar-refractivity contribution in [3.05, 3.63) is 59.4 Å². The van der Waals surface area contributed by atoms with Crippen molar-refractivity contribution in [2.75, 3.05) is 46.9 Å². The first-order valence-electron chi connectivity index (χ1n) is 11.8. The van der Waals surface area contributed by atoms with Gasteiger partial charge in [-0.25, -0.2) is 4.39 Å². The predicted octanol–water partition coefficient (Wildman–Crippen LogP) is 2.13. The molecule has 0 spiro atoms. The molecule has 35 heavy (non-hydrogen) atoms. The molecule has 0 radical (unpaired) electrons. The molecule has 10 heteroatoms. The predicted molar refractivity (Wildman–Crippen MR) is 127 cm³/mol. The summed E-state index contributed by atoms with van der Waals surface area (Å²) in [6.07, 6.45) is 0.159.